The first-order chi connectivity index (χ1) is 17.8. The van der Waals surface area contributed by atoms with Gasteiger partial charge in [0.05, 0.1) is 11.1 Å². The Balaban J connectivity index is 2.15. The van der Waals surface area contributed by atoms with Gasteiger partial charge >= 0.3 is 0 Å². The zero-order valence-corrected chi connectivity index (χ0v) is 18.0. The van der Waals surface area contributed by atoms with Crippen molar-refractivity contribution in [2.24, 2.45) is 0 Å². The van der Waals surface area contributed by atoms with Crippen LogP contribution >= 0.6 is 0 Å². The molecule has 0 radical (unpaired) electrons. The van der Waals surface area contributed by atoms with Crippen LogP contribution in [0.2, 0.25) is 0 Å². The van der Waals surface area contributed by atoms with Crippen LogP contribution in [0.15, 0.2) is 36.4 Å². The lowest BCUT2D eigenvalue weighted by Gasteiger charge is -2.20. The van der Waals surface area contributed by atoms with E-state index in [0.29, 0.717) is 18.2 Å². The first kappa shape index (κ1) is 25.4. The Labute approximate surface area is 203 Å². The summed E-state index contributed by atoms with van der Waals surface area (Å²) in [5.41, 5.74) is -5.19. The fourth-order valence-electron chi connectivity index (χ4n) is 4.35. The minimum absolute atomic E-state index is 0.151. The molecule has 5 aromatic carbocycles. The maximum absolute atomic E-state index is 14.9. The van der Waals surface area contributed by atoms with Crippen molar-refractivity contribution < 1.29 is 52.7 Å². The van der Waals surface area contributed by atoms with E-state index in [4.69, 9.17) is 0 Å². The summed E-state index contributed by atoms with van der Waals surface area (Å²) < 4.78 is 173. The van der Waals surface area contributed by atoms with Crippen molar-refractivity contribution in [3.8, 4) is 22.3 Å². The van der Waals surface area contributed by atoms with Crippen molar-refractivity contribution in [1.82, 2.24) is 0 Å². The topological polar surface area (TPSA) is 0 Å². The third kappa shape index (κ3) is 3.50. The Morgan fingerprint density at radius 1 is 0.289 bits per heavy atom. The van der Waals surface area contributed by atoms with E-state index in [1.807, 2.05) is 0 Å². The summed E-state index contributed by atoms with van der Waals surface area (Å²) in [4.78, 5) is 0. The molecule has 0 spiro atoms. The van der Waals surface area contributed by atoms with Crippen LogP contribution in [0.25, 0.3) is 43.8 Å². The summed E-state index contributed by atoms with van der Waals surface area (Å²) >= 11 is 0. The second-order valence-electron chi connectivity index (χ2n) is 8.04. The molecule has 0 aliphatic carbocycles. The number of benzene rings is 5. The summed E-state index contributed by atoms with van der Waals surface area (Å²) in [5.74, 6) is -24.9. The molecular weight excluding hydrogens is 540 g/mol. The van der Waals surface area contributed by atoms with Crippen molar-refractivity contribution >= 4 is 21.5 Å². The second-order valence-corrected chi connectivity index (χ2v) is 8.04. The fourth-order valence-corrected chi connectivity index (χ4v) is 4.35. The lowest BCUT2D eigenvalue weighted by Crippen LogP contribution is -2.06. The van der Waals surface area contributed by atoms with Crippen LogP contribution in [0.3, 0.4) is 0 Å². The normalized spacial score (nSPS) is 11.7. The first-order valence-corrected chi connectivity index (χ1v) is 10.2. The number of hydrogen-bond donors (Lipinski definition) is 0. The molecule has 0 saturated carbocycles. The number of halogens is 12. The molecule has 12 heteroatoms. The predicted octanol–water partition coefficient (Wildman–Crippen LogP) is 9.00. The molecule has 0 saturated heterocycles. The monoisotopic (exact) mass is 546 g/mol. The highest BCUT2D eigenvalue weighted by atomic mass is 19.2. The van der Waals surface area contributed by atoms with E-state index in [2.05, 4.69) is 0 Å². The molecule has 0 atom stereocenters. The first-order valence-electron chi connectivity index (χ1n) is 10.2. The molecule has 0 aromatic heterocycles. The van der Waals surface area contributed by atoms with Gasteiger partial charge in [-0.3, -0.25) is 0 Å². The highest BCUT2D eigenvalue weighted by Crippen LogP contribution is 2.47. The number of hydrogen-bond acceptors (Lipinski definition) is 0. The minimum Gasteiger partial charge on any atom is -0.207 e. The summed E-state index contributed by atoms with van der Waals surface area (Å²) in [6, 6.07) is 2.06. The average molecular weight is 546 g/mol. The molecule has 5 rings (SSSR count). The van der Waals surface area contributed by atoms with Gasteiger partial charge < -0.3 is 0 Å². The van der Waals surface area contributed by atoms with Crippen LogP contribution < -0.4 is 0 Å². The summed E-state index contributed by atoms with van der Waals surface area (Å²) in [6.07, 6.45) is 0. The highest BCUT2D eigenvalue weighted by molar-refractivity contribution is 6.21. The summed E-state index contributed by atoms with van der Waals surface area (Å²) in [5, 5.41) is -3.26. The Morgan fingerprint density at radius 3 is 1.18 bits per heavy atom. The van der Waals surface area contributed by atoms with E-state index in [-0.39, 0.29) is 18.2 Å². The molecule has 0 nitrogen and oxygen atoms in total. The van der Waals surface area contributed by atoms with Crippen molar-refractivity contribution in [2.75, 3.05) is 0 Å². The van der Waals surface area contributed by atoms with Gasteiger partial charge in [0, 0.05) is 17.2 Å². The van der Waals surface area contributed by atoms with Gasteiger partial charge in [0.15, 0.2) is 58.2 Å². The molecule has 0 aliphatic heterocycles. The smallest absolute Gasteiger partial charge is 0.200 e. The minimum atomic E-state index is -2.56. The van der Waals surface area contributed by atoms with E-state index in [1.165, 1.54) is 0 Å². The molecule has 0 amide bonds. The van der Waals surface area contributed by atoms with E-state index in [9.17, 15) is 52.7 Å². The summed E-state index contributed by atoms with van der Waals surface area (Å²) in [7, 11) is 0. The van der Waals surface area contributed by atoms with Crippen LogP contribution in [0.5, 0.6) is 0 Å². The van der Waals surface area contributed by atoms with Gasteiger partial charge in [0.2, 0.25) is 5.82 Å². The lowest BCUT2D eigenvalue weighted by atomic mass is 9.85. The van der Waals surface area contributed by atoms with Crippen LogP contribution in [-0.4, -0.2) is 0 Å². The Kier molecular flexibility index (Phi) is 5.80. The molecule has 0 fully saturated rings. The average Bonchev–Trinajstić information content (AvgIpc) is 2.87. The maximum atomic E-state index is 14.9. The van der Waals surface area contributed by atoms with E-state index >= 15 is 0 Å². The van der Waals surface area contributed by atoms with Gasteiger partial charge in [0.1, 0.15) is 5.82 Å². The molecule has 0 heterocycles. The fraction of sp³-hybridized carbons (Fsp3) is 0. The van der Waals surface area contributed by atoms with Crippen LogP contribution in [-0.2, 0) is 0 Å². The molecule has 0 unspecified atom stereocenters. The van der Waals surface area contributed by atoms with E-state index in [0.717, 1.165) is 0 Å². The van der Waals surface area contributed by atoms with Gasteiger partial charge in [-0.2, -0.15) is 0 Å². The molecule has 0 bridgehead atoms. The van der Waals surface area contributed by atoms with Gasteiger partial charge in [-0.05, 0) is 45.8 Å². The maximum Gasteiger partial charge on any atom is 0.200 e. The van der Waals surface area contributed by atoms with Crippen molar-refractivity contribution in [3.05, 3.63) is 106 Å². The van der Waals surface area contributed by atoms with Gasteiger partial charge in [0.25, 0.3) is 0 Å². The van der Waals surface area contributed by atoms with Gasteiger partial charge in [-0.25, -0.2) is 52.7 Å². The molecule has 38 heavy (non-hydrogen) atoms. The zero-order chi connectivity index (χ0) is 27.8. The molecule has 5 aromatic rings. The quantitative estimate of drug-likeness (QED) is 0.0898. The standard InChI is InChI=1S/C26H6F12/c27-7-1-2-8-9(3-7)17(19-22(34)24(36)26(38)25(37)23(19)35)11-5-13(29)12(28)4-10(11)16(8)18-20(32)14(30)6-15(31)21(18)33/h1-6H. The van der Waals surface area contributed by atoms with Crippen molar-refractivity contribution in [1.29, 1.82) is 0 Å². The Morgan fingerprint density at radius 2 is 0.684 bits per heavy atom. The molecular formula is C26H6F12. The summed E-state index contributed by atoms with van der Waals surface area (Å²) in [6.45, 7) is 0. The molecule has 194 valence electrons. The van der Waals surface area contributed by atoms with Gasteiger partial charge in [-0.1, -0.05) is 6.07 Å². The lowest BCUT2D eigenvalue weighted by molar-refractivity contribution is 0.381. The van der Waals surface area contributed by atoms with Crippen LogP contribution in [0, 0.1) is 69.8 Å². The molecule has 0 aliphatic rings. The van der Waals surface area contributed by atoms with Crippen molar-refractivity contribution in [2.45, 2.75) is 0 Å². The third-order valence-corrected chi connectivity index (χ3v) is 5.94. The molecule has 0 N–H and O–H groups in total. The Hall–Kier alpha value is -4.22. The Bertz CT molecular complexity index is 1790. The SMILES string of the molecule is Fc1ccc2c(-c3c(F)c(F)cc(F)c3F)c3cc(F)c(F)cc3c(-c3c(F)c(F)c(F)c(F)c3F)c2c1. The van der Waals surface area contributed by atoms with Gasteiger partial charge in [-0.15, -0.1) is 0 Å². The second kappa shape index (κ2) is 8.67. The zero-order valence-electron chi connectivity index (χ0n) is 18.0. The predicted molar refractivity (Wildman–Crippen MR) is 112 cm³/mol. The van der Waals surface area contributed by atoms with Crippen molar-refractivity contribution in [3.63, 3.8) is 0 Å². The number of fused-ring (bicyclic) bond motifs is 2. The van der Waals surface area contributed by atoms with E-state index < -0.39 is 114 Å². The third-order valence-electron chi connectivity index (χ3n) is 5.94. The highest BCUT2D eigenvalue weighted by Gasteiger charge is 2.32. The van der Waals surface area contributed by atoms with E-state index in [1.54, 1.807) is 0 Å². The van der Waals surface area contributed by atoms with Crippen LogP contribution in [0.1, 0.15) is 0 Å². The number of rotatable bonds is 2. The van der Waals surface area contributed by atoms with Crippen LogP contribution in [0.4, 0.5) is 52.7 Å². The largest absolute Gasteiger partial charge is 0.207 e.